The molecule has 2 aliphatic rings. The summed E-state index contributed by atoms with van der Waals surface area (Å²) < 4.78 is 23.7. The van der Waals surface area contributed by atoms with Crippen LogP contribution in [-0.2, 0) is 17.9 Å². The number of benzene rings is 2. The predicted molar refractivity (Wildman–Crippen MR) is 108 cm³/mol. The first-order valence-electron chi connectivity index (χ1n) is 9.33. The summed E-state index contributed by atoms with van der Waals surface area (Å²) in [7, 11) is 1.54. The summed E-state index contributed by atoms with van der Waals surface area (Å²) in [4.78, 5) is 12.6. The number of hydrogen-bond acceptors (Lipinski definition) is 6. The molecular weight excluding hydrogens is 410 g/mol. The van der Waals surface area contributed by atoms with Crippen LogP contribution in [-0.4, -0.2) is 29.6 Å². The van der Waals surface area contributed by atoms with Gasteiger partial charge in [0.05, 0.1) is 31.0 Å². The first-order valence-corrected chi connectivity index (χ1v) is 9.71. The van der Waals surface area contributed by atoms with Crippen LogP contribution in [0.25, 0.3) is 0 Å². The Morgan fingerprint density at radius 3 is 2.90 bits per heavy atom. The molecule has 30 heavy (non-hydrogen) atoms. The van der Waals surface area contributed by atoms with Crippen LogP contribution in [0.5, 0.6) is 17.2 Å². The number of methoxy groups -OCH3 is 1. The van der Waals surface area contributed by atoms with Crippen molar-refractivity contribution in [2.24, 2.45) is 0 Å². The Morgan fingerprint density at radius 1 is 1.20 bits per heavy atom. The Bertz CT molecular complexity index is 1130. The summed E-state index contributed by atoms with van der Waals surface area (Å²) in [5.74, 6) is 1.66. The summed E-state index contributed by atoms with van der Waals surface area (Å²) in [5.41, 5.74) is 2.68. The van der Waals surface area contributed by atoms with Crippen molar-refractivity contribution in [3.63, 3.8) is 0 Å². The summed E-state index contributed by atoms with van der Waals surface area (Å²) in [6, 6.07) is 12.5. The van der Waals surface area contributed by atoms with Crippen LogP contribution in [0.3, 0.4) is 0 Å². The number of carbonyl (C=O) groups excluding carboxylic acids is 1. The molecule has 9 heteroatoms. The fourth-order valence-corrected chi connectivity index (χ4v) is 3.75. The Morgan fingerprint density at radius 2 is 2.07 bits per heavy atom. The molecule has 0 saturated heterocycles. The van der Waals surface area contributed by atoms with Crippen LogP contribution in [0.2, 0.25) is 5.02 Å². The molecule has 1 unspecified atom stereocenters. The van der Waals surface area contributed by atoms with Gasteiger partial charge in [-0.25, -0.2) is 0 Å². The van der Waals surface area contributed by atoms with Crippen molar-refractivity contribution >= 4 is 23.2 Å². The van der Waals surface area contributed by atoms with E-state index in [1.165, 1.54) is 7.11 Å². The van der Waals surface area contributed by atoms with Gasteiger partial charge in [0.2, 0.25) is 6.79 Å². The quantitative estimate of drug-likeness (QED) is 0.681. The molecule has 3 heterocycles. The third-order valence-electron chi connectivity index (χ3n) is 5.05. The van der Waals surface area contributed by atoms with Gasteiger partial charge in [0.1, 0.15) is 11.9 Å². The molecule has 0 bridgehead atoms. The van der Waals surface area contributed by atoms with Crippen molar-refractivity contribution in [2.45, 2.75) is 19.3 Å². The monoisotopic (exact) mass is 427 g/mol. The van der Waals surface area contributed by atoms with Gasteiger partial charge >= 0.3 is 0 Å². The standard InChI is InChI=1S/C21H18ClN3O5/c1-27-17-5-3-13(7-15(17)22)23-21(26)16-8-14-10-28-20(9-25(14)24-16)12-2-4-18-19(6-12)30-11-29-18/h2-8,20H,9-11H2,1H3,(H,23,26). The maximum absolute atomic E-state index is 12.6. The first-order chi connectivity index (χ1) is 14.6. The molecule has 0 aliphatic carbocycles. The number of rotatable bonds is 4. The van der Waals surface area contributed by atoms with Crippen molar-refractivity contribution < 1.29 is 23.7 Å². The first kappa shape index (κ1) is 18.8. The maximum Gasteiger partial charge on any atom is 0.276 e. The average molecular weight is 428 g/mol. The second-order valence-electron chi connectivity index (χ2n) is 6.92. The van der Waals surface area contributed by atoms with Crippen LogP contribution >= 0.6 is 11.6 Å². The van der Waals surface area contributed by atoms with Gasteiger partial charge < -0.3 is 24.3 Å². The molecule has 0 saturated carbocycles. The zero-order chi connectivity index (χ0) is 20.7. The van der Waals surface area contributed by atoms with Crippen LogP contribution in [0.15, 0.2) is 42.5 Å². The predicted octanol–water partition coefficient (Wildman–Crippen LogP) is 3.80. The number of hydrogen-bond donors (Lipinski definition) is 1. The molecule has 3 aromatic rings. The molecule has 2 aromatic carbocycles. The van der Waals surface area contributed by atoms with E-state index in [0.29, 0.717) is 41.1 Å². The van der Waals surface area contributed by atoms with Gasteiger partial charge in [-0.1, -0.05) is 17.7 Å². The van der Waals surface area contributed by atoms with Crippen LogP contribution in [0.1, 0.15) is 27.8 Å². The van der Waals surface area contributed by atoms with Gasteiger partial charge in [0.15, 0.2) is 17.2 Å². The van der Waals surface area contributed by atoms with E-state index in [0.717, 1.165) is 17.0 Å². The number of halogens is 1. The third kappa shape index (κ3) is 3.44. The summed E-state index contributed by atoms with van der Waals surface area (Å²) in [6.07, 6.45) is -0.191. The minimum atomic E-state index is -0.322. The van der Waals surface area contributed by atoms with E-state index in [1.54, 1.807) is 28.9 Å². The molecule has 0 radical (unpaired) electrons. The lowest BCUT2D eigenvalue weighted by Crippen LogP contribution is -2.22. The van der Waals surface area contributed by atoms with E-state index in [-0.39, 0.29) is 18.8 Å². The number of fused-ring (bicyclic) bond motifs is 2. The van der Waals surface area contributed by atoms with Gasteiger partial charge in [0, 0.05) is 5.69 Å². The molecule has 0 spiro atoms. The van der Waals surface area contributed by atoms with E-state index >= 15 is 0 Å². The largest absolute Gasteiger partial charge is 0.495 e. The number of anilines is 1. The van der Waals surface area contributed by atoms with Crippen molar-refractivity contribution in [3.8, 4) is 17.2 Å². The van der Waals surface area contributed by atoms with Crippen molar-refractivity contribution in [2.75, 3.05) is 19.2 Å². The molecule has 1 atom stereocenters. The van der Waals surface area contributed by atoms with Gasteiger partial charge in [0.25, 0.3) is 5.91 Å². The number of nitrogens with zero attached hydrogens (tertiary/aromatic N) is 2. The highest BCUT2D eigenvalue weighted by atomic mass is 35.5. The Kier molecular flexibility index (Phi) is 4.72. The average Bonchev–Trinajstić information content (AvgIpc) is 3.39. The zero-order valence-electron chi connectivity index (χ0n) is 16.1. The lowest BCUT2D eigenvalue weighted by molar-refractivity contribution is -0.00127. The molecule has 0 fully saturated rings. The van der Waals surface area contributed by atoms with Crippen molar-refractivity contribution in [3.05, 3.63) is 64.4 Å². The Balaban J connectivity index is 1.31. The Hall–Kier alpha value is -3.23. The van der Waals surface area contributed by atoms with E-state index in [2.05, 4.69) is 10.4 Å². The normalized spacial score (nSPS) is 16.8. The second-order valence-corrected chi connectivity index (χ2v) is 7.33. The maximum atomic E-state index is 12.6. The number of carbonyl (C=O) groups is 1. The SMILES string of the molecule is COc1ccc(NC(=O)c2cc3n(n2)CC(c2ccc4c(c2)OCO4)OC3)cc1Cl. The topological polar surface area (TPSA) is 83.8 Å². The number of nitrogens with one attached hydrogen (secondary N) is 1. The molecule has 1 amide bonds. The molecule has 2 aliphatic heterocycles. The highest BCUT2D eigenvalue weighted by Gasteiger charge is 2.26. The highest BCUT2D eigenvalue weighted by Crippen LogP contribution is 2.36. The van der Waals surface area contributed by atoms with E-state index in [4.69, 9.17) is 30.5 Å². The smallest absolute Gasteiger partial charge is 0.276 e. The van der Waals surface area contributed by atoms with E-state index in [1.807, 2.05) is 18.2 Å². The minimum Gasteiger partial charge on any atom is -0.495 e. The second kappa shape index (κ2) is 7.55. The van der Waals surface area contributed by atoms with Crippen LogP contribution < -0.4 is 19.5 Å². The Labute approximate surface area is 177 Å². The number of ether oxygens (including phenoxy) is 4. The third-order valence-corrected chi connectivity index (χ3v) is 5.34. The summed E-state index contributed by atoms with van der Waals surface area (Å²) >= 11 is 6.12. The van der Waals surface area contributed by atoms with Gasteiger partial charge in [-0.2, -0.15) is 5.10 Å². The van der Waals surface area contributed by atoms with E-state index < -0.39 is 0 Å². The fraction of sp³-hybridized carbons (Fsp3) is 0.238. The van der Waals surface area contributed by atoms with Gasteiger partial charge in [-0.15, -0.1) is 0 Å². The zero-order valence-corrected chi connectivity index (χ0v) is 16.8. The molecule has 154 valence electrons. The minimum absolute atomic E-state index is 0.191. The molecule has 1 aromatic heterocycles. The highest BCUT2D eigenvalue weighted by molar-refractivity contribution is 6.32. The van der Waals surface area contributed by atoms with E-state index in [9.17, 15) is 4.79 Å². The molecule has 8 nitrogen and oxygen atoms in total. The summed E-state index contributed by atoms with van der Waals surface area (Å²) in [5, 5.41) is 7.68. The van der Waals surface area contributed by atoms with Crippen LogP contribution in [0, 0.1) is 0 Å². The van der Waals surface area contributed by atoms with Gasteiger partial charge in [-0.3, -0.25) is 9.48 Å². The molecule has 5 rings (SSSR count). The lowest BCUT2D eigenvalue weighted by Gasteiger charge is -2.24. The molecule has 1 N–H and O–H groups in total. The lowest BCUT2D eigenvalue weighted by atomic mass is 10.1. The number of amides is 1. The number of aromatic nitrogens is 2. The van der Waals surface area contributed by atoms with Crippen molar-refractivity contribution in [1.82, 2.24) is 9.78 Å². The summed E-state index contributed by atoms with van der Waals surface area (Å²) in [6.45, 7) is 1.08. The van der Waals surface area contributed by atoms with Crippen LogP contribution in [0.4, 0.5) is 5.69 Å². The van der Waals surface area contributed by atoms with Crippen molar-refractivity contribution in [1.29, 1.82) is 0 Å². The fourth-order valence-electron chi connectivity index (χ4n) is 3.49. The van der Waals surface area contributed by atoms with Gasteiger partial charge in [-0.05, 0) is 42.0 Å². The molecular formula is C21H18ClN3O5.